The van der Waals surface area contributed by atoms with E-state index < -0.39 is 27.7 Å². The summed E-state index contributed by atoms with van der Waals surface area (Å²) in [6, 6.07) is 7.18. The summed E-state index contributed by atoms with van der Waals surface area (Å²) in [6.07, 6.45) is -1.65. The molecule has 1 saturated carbocycles. The highest BCUT2D eigenvalue weighted by atomic mass is 32.2. The normalized spacial score (nSPS) is 17.4. The molecule has 1 unspecified atom stereocenters. The zero-order valence-corrected chi connectivity index (χ0v) is 21.3. The zero-order valence-electron chi connectivity index (χ0n) is 19.6. The molecule has 8 nitrogen and oxygen atoms in total. The first-order valence-electron chi connectivity index (χ1n) is 11.7. The maximum atomic E-state index is 13.1. The molecular formula is C24H23F3N4O4S2. The molecule has 196 valence electrons. The molecule has 2 N–H and O–H groups in total. The van der Waals surface area contributed by atoms with E-state index in [0.29, 0.717) is 18.8 Å². The number of halogens is 3. The fourth-order valence-corrected chi connectivity index (χ4v) is 6.43. The number of nitrogens with zero attached hydrogens (tertiary/aromatic N) is 2. The third-order valence-electron chi connectivity index (χ3n) is 6.20. The Morgan fingerprint density at radius 1 is 1.11 bits per heavy atom. The number of fused-ring (bicyclic) bond motifs is 1. The van der Waals surface area contributed by atoms with Gasteiger partial charge in [-0.15, -0.1) is 10.2 Å². The van der Waals surface area contributed by atoms with Crippen LogP contribution in [0.4, 0.5) is 18.3 Å². The molecule has 0 saturated heterocycles. The van der Waals surface area contributed by atoms with Crippen molar-refractivity contribution in [2.45, 2.75) is 55.6 Å². The van der Waals surface area contributed by atoms with E-state index in [1.807, 2.05) is 0 Å². The van der Waals surface area contributed by atoms with Gasteiger partial charge >= 0.3 is 6.18 Å². The second-order valence-corrected chi connectivity index (χ2v) is 11.7. The van der Waals surface area contributed by atoms with E-state index in [0.717, 1.165) is 47.2 Å². The minimum atomic E-state index is -4.56. The number of rotatable bonds is 8. The van der Waals surface area contributed by atoms with Crippen molar-refractivity contribution in [1.29, 1.82) is 0 Å². The second-order valence-electron chi connectivity index (χ2n) is 8.98. The largest absolute Gasteiger partial charge is 0.493 e. The number of anilines is 1. The van der Waals surface area contributed by atoms with Crippen molar-refractivity contribution in [2.75, 3.05) is 11.3 Å². The highest BCUT2D eigenvalue weighted by molar-refractivity contribution is 7.93. The summed E-state index contributed by atoms with van der Waals surface area (Å²) in [7, 11) is -3.88. The van der Waals surface area contributed by atoms with Gasteiger partial charge in [-0.25, -0.2) is 8.42 Å². The number of benzene rings is 2. The molecule has 0 aliphatic heterocycles. The van der Waals surface area contributed by atoms with Crippen molar-refractivity contribution in [1.82, 2.24) is 15.5 Å². The number of hydrogen-bond acceptors (Lipinski definition) is 7. The third kappa shape index (κ3) is 5.57. The van der Waals surface area contributed by atoms with Gasteiger partial charge in [0, 0.05) is 12.0 Å². The Kier molecular flexibility index (Phi) is 6.61. The average Bonchev–Trinajstić information content (AvgIpc) is 3.45. The van der Waals surface area contributed by atoms with Gasteiger partial charge < -0.3 is 10.1 Å². The Bertz CT molecular complexity index is 1450. The molecule has 1 aromatic heterocycles. The fraction of sp³-hybridized carbons (Fsp3) is 0.375. The van der Waals surface area contributed by atoms with E-state index in [1.165, 1.54) is 17.4 Å². The summed E-state index contributed by atoms with van der Waals surface area (Å²) in [5, 5.41) is 11.9. The van der Waals surface area contributed by atoms with Crippen LogP contribution in [0.25, 0.3) is 0 Å². The fourth-order valence-electron chi connectivity index (χ4n) is 4.23. The first-order valence-corrected chi connectivity index (χ1v) is 14.0. The first-order chi connectivity index (χ1) is 17.5. The van der Waals surface area contributed by atoms with Crippen LogP contribution >= 0.6 is 11.3 Å². The van der Waals surface area contributed by atoms with Crippen molar-refractivity contribution in [3.05, 3.63) is 63.7 Å². The number of carbonyl (C=O) groups excluding carboxylic acids is 1. The Labute approximate surface area is 215 Å². The number of amides is 1. The third-order valence-corrected chi connectivity index (χ3v) is 8.67. The summed E-state index contributed by atoms with van der Waals surface area (Å²) < 4.78 is 72.8. The minimum absolute atomic E-state index is 0.000831. The molecule has 2 aromatic carbocycles. The molecule has 2 aliphatic rings. The molecule has 2 aliphatic carbocycles. The van der Waals surface area contributed by atoms with Crippen LogP contribution in [-0.2, 0) is 29.0 Å². The molecule has 37 heavy (non-hydrogen) atoms. The SMILES string of the molecule is CCOc1cc(C(F)(F)F)ccc1C(=O)NC1Cc2ccc(S(=O)(=O)Nc3nnc(C4CC4)s3)cc2C1. The predicted octanol–water partition coefficient (Wildman–Crippen LogP) is 4.53. The number of aromatic nitrogens is 2. The number of sulfonamides is 1. The lowest BCUT2D eigenvalue weighted by Gasteiger charge is -2.16. The summed E-state index contributed by atoms with van der Waals surface area (Å²) in [6.45, 7) is 1.72. The van der Waals surface area contributed by atoms with Crippen LogP contribution in [0.15, 0.2) is 41.3 Å². The zero-order chi connectivity index (χ0) is 26.4. The smallest absolute Gasteiger partial charge is 0.416 e. The van der Waals surface area contributed by atoms with Crippen LogP contribution < -0.4 is 14.8 Å². The van der Waals surface area contributed by atoms with Gasteiger partial charge in [-0.2, -0.15) is 13.2 Å². The molecule has 0 spiro atoms. The number of hydrogen-bond donors (Lipinski definition) is 2. The lowest BCUT2D eigenvalue weighted by Crippen LogP contribution is -2.35. The number of nitrogens with one attached hydrogen (secondary N) is 2. The Hall–Kier alpha value is -3.19. The summed E-state index contributed by atoms with van der Waals surface area (Å²) in [4.78, 5) is 13.0. The van der Waals surface area contributed by atoms with E-state index >= 15 is 0 Å². The van der Waals surface area contributed by atoms with E-state index in [-0.39, 0.29) is 34.0 Å². The average molecular weight is 553 g/mol. The van der Waals surface area contributed by atoms with Crippen molar-refractivity contribution < 1.29 is 31.1 Å². The summed E-state index contributed by atoms with van der Waals surface area (Å²) in [5.41, 5.74) is 0.747. The molecule has 13 heteroatoms. The maximum Gasteiger partial charge on any atom is 0.416 e. The predicted molar refractivity (Wildman–Crippen MR) is 130 cm³/mol. The van der Waals surface area contributed by atoms with Crippen LogP contribution in [0.2, 0.25) is 0 Å². The standard InChI is InChI=1S/C24H23F3N4O4S2/c1-2-35-20-12-16(24(25,26)27)6-8-19(20)21(32)28-17-9-14-5-7-18(11-15(14)10-17)37(33,34)31-23-30-29-22(36-23)13-3-4-13/h5-8,11-13,17H,2-4,9-10H2,1H3,(H,28,32)(H,30,31). The van der Waals surface area contributed by atoms with Crippen LogP contribution in [0, 0.1) is 0 Å². The van der Waals surface area contributed by atoms with Crippen LogP contribution in [-0.4, -0.2) is 37.2 Å². The van der Waals surface area contributed by atoms with Gasteiger partial charge in [0.2, 0.25) is 5.13 Å². The van der Waals surface area contributed by atoms with E-state index in [9.17, 15) is 26.4 Å². The van der Waals surface area contributed by atoms with Crippen LogP contribution in [0.5, 0.6) is 5.75 Å². The molecular weight excluding hydrogens is 529 g/mol. The molecule has 1 amide bonds. The van der Waals surface area contributed by atoms with Gasteiger partial charge in [0.25, 0.3) is 15.9 Å². The Balaban J connectivity index is 1.28. The number of alkyl halides is 3. The van der Waals surface area contributed by atoms with Crippen LogP contribution in [0.3, 0.4) is 0 Å². The molecule has 1 heterocycles. The maximum absolute atomic E-state index is 13.1. The first kappa shape index (κ1) is 25.5. The molecule has 0 radical (unpaired) electrons. The lowest BCUT2D eigenvalue weighted by atomic mass is 10.1. The lowest BCUT2D eigenvalue weighted by molar-refractivity contribution is -0.137. The quantitative estimate of drug-likeness (QED) is 0.425. The van der Waals surface area contributed by atoms with Gasteiger partial charge in [-0.1, -0.05) is 17.4 Å². The van der Waals surface area contributed by atoms with E-state index in [2.05, 4.69) is 20.2 Å². The molecule has 5 rings (SSSR count). The van der Waals surface area contributed by atoms with Crippen molar-refractivity contribution in [3.63, 3.8) is 0 Å². The highest BCUT2D eigenvalue weighted by Gasteiger charge is 2.33. The van der Waals surface area contributed by atoms with E-state index in [4.69, 9.17) is 4.74 Å². The van der Waals surface area contributed by atoms with Crippen LogP contribution in [0.1, 0.15) is 57.7 Å². The van der Waals surface area contributed by atoms with Gasteiger partial charge in [0.05, 0.1) is 22.6 Å². The summed E-state index contributed by atoms with van der Waals surface area (Å²) in [5.74, 6) is -0.339. The Morgan fingerprint density at radius 3 is 2.57 bits per heavy atom. The molecule has 1 atom stereocenters. The van der Waals surface area contributed by atoms with Gasteiger partial charge in [-0.3, -0.25) is 9.52 Å². The summed E-state index contributed by atoms with van der Waals surface area (Å²) >= 11 is 1.23. The number of carbonyl (C=O) groups is 1. The molecule has 3 aromatic rings. The van der Waals surface area contributed by atoms with Crippen molar-refractivity contribution >= 4 is 32.4 Å². The van der Waals surface area contributed by atoms with Gasteiger partial charge in [0.15, 0.2) is 0 Å². The molecule has 1 fully saturated rings. The van der Waals surface area contributed by atoms with E-state index in [1.54, 1.807) is 19.1 Å². The van der Waals surface area contributed by atoms with Crippen molar-refractivity contribution in [3.8, 4) is 5.75 Å². The van der Waals surface area contributed by atoms with Gasteiger partial charge in [-0.05, 0) is 74.1 Å². The van der Waals surface area contributed by atoms with Gasteiger partial charge in [0.1, 0.15) is 10.8 Å². The second kappa shape index (κ2) is 9.60. The van der Waals surface area contributed by atoms with Crippen molar-refractivity contribution in [2.24, 2.45) is 0 Å². The minimum Gasteiger partial charge on any atom is -0.493 e. The Morgan fingerprint density at radius 2 is 1.86 bits per heavy atom. The highest BCUT2D eigenvalue weighted by Crippen LogP contribution is 2.42. The topological polar surface area (TPSA) is 110 Å². The molecule has 0 bridgehead atoms. The monoisotopic (exact) mass is 552 g/mol. The number of ether oxygens (including phenoxy) is 1.